The predicted octanol–water partition coefficient (Wildman–Crippen LogP) is 1.64. The van der Waals surface area contributed by atoms with Gasteiger partial charge in [-0.15, -0.1) is 0 Å². The Bertz CT molecular complexity index is 568. The predicted molar refractivity (Wildman–Crippen MR) is 79.9 cm³/mol. The number of amides is 1. The molecule has 1 saturated carbocycles. The molecule has 1 fully saturated rings. The van der Waals surface area contributed by atoms with Crippen LogP contribution in [0.1, 0.15) is 28.8 Å². The topological polar surface area (TPSA) is 74.2 Å². The molecule has 0 bridgehead atoms. The van der Waals surface area contributed by atoms with E-state index in [0.717, 1.165) is 18.5 Å². The summed E-state index contributed by atoms with van der Waals surface area (Å²) >= 11 is 0.534. The molecule has 1 aliphatic carbocycles. The molecule has 3 N–H and O–H groups in total. The second-order valence-electron chi connectivity index (χ2n) is 4.58. The van der Waals surface area contributed by atoms with Gasteiger partial charge in [-0.25, -0.2) is 0 Å². The standard InChI is InChI=1S/C14H17N3O2.Tl/c1-3-10(15)12-11(16)7-6-9(13(12)19-2)14(18)17-8-4-5-8;/h3,6-8H,1,4-5H2,2H3,(H4,15,16,17,18);/q;+1/p-1. The first-order chi connectivity index (χ1) is 9.62. The van der Waals surface area contributed by atoms with Crippen molar-refractivity contribution < 1.29 is 9.53 Å². The minimum atomic E-state index is -0.148. The fourth-order valence-corrected chi connectivity index (χ4v) is 2.89. The van der Waals surface area contributed by atoms with Crippen LogP contribution >= 0.6 is 0 Å². The number of allylic oxidation sites excluding steroid dienone is 1. The molecular formula is C14H16N3O2Tl. The number of ether oxygens (including phenoxy) is 1. The Morgan fingerprint density at radius 1 is 1.55 bits per heavy atom. The number of carbonyl (C=O) groups excluding carboxylic acids is 1. The molecule has 1 aromatic rings. The van der Waals surface area contributed by atoms with Gasteiger partial charge in [0, 0.05) is 0 Å². The molecule has 0 heterocycles. The summed E-state index contributed by atoms with van der Waals surface area (Å²) in [6.07, 6.45) is 3.52. The number of hydrogen-bond acceptors (Lipinski definition) is 4. The van der Waals surface area contributed by atoms with E-state index in [-0.39, 0.29) is 17.7 Å². The van der Waals surface area contributed by atoms with Crippen molar-refractivity contribution in [3.8, 4) is 5.75 Å². The van der Waals surface area contributed by atoms with Gasteiger partial charge >= 0.3 is 134 Å². The van der Waals surface area contributed by atoms with E-state index in [1.165, 1.54) is 13.2 Å². The van der Waals surface area contributed by atoms with Crippen molar-refractivity contribution in [3.63, 3.8) is 0 Å². The number of carbonyl (C=O) groups is 1. The summed E-state index contributed by atoms with van der Waals surface area (Å²) in [6.45, 7) is 3.63. The monoisotopic (exact) mass is 463 g/mol. The van der Waals surface area contributed by atoms with Crippen LogP contribution in [0.4, 0.5) is 5.69 Å². The Kier molecular flexibility index (Phi) is 4.79. The maximum absolute atomic E-state index is 12.2. The molecule has 1 aromatic carbocycles. The van der Waals surface area contributed by atoms with Crippen molar-refractivity contribution in [2.24, 2.45) is 0 Å². The first-order valence-corrected chi connectivity index (χ1v) is 8.56. The van der Waals surface area contributed by atoms with Gasteiger partial charge in [0.05, 0.1) is 0 Å². The molecule has 6 heteroatoms. The van der Waals surface area contributed by atoms with Crippen molar-refractivity contribution in [1.82, 2.24) is 5.32 Å². The van der Waals surface area contributed by atoms with Gasteiger partial charge in [0.1, 0.15) is 0 Å². The van der Waals surface area contributed by atoms with Gasteiger partial charge in [-0.2, -0.15) is 0 Å². The van der Waals surface area contributed by atoms with Crippen LogP contribution in [0.15, 0.2) is 24.8 Å². The summed E-state index contributed by atoms with van der Waals surface area (Å²) < 4.78 is 8.57. The quantitative estimate of drug-likeness (QED) is 0.444. The van der Waals surface area contributed by atoms with Crippen LogP contribution in [0.2, 0.25) is 0 Å². The fraction of sp³-hybridized carbons (Fsp3) is 0.286. The van der Waals surface area contributed by atoms with E-state index >= 15 is 0 Å². The Labute approximate surface area is 134 Å². The Morgan fingerprint density at radius 2 is 2.25 bits per heavy atom. The molecule has 2 rings (SSSR count). The Morgan fingerprint density at radius 3 is 2.75 bits per heavy atom. The number of anilines is 1. The molecule has 0 unspecified atom stereocenters. The van der Waals surface area contributed by atoms with Crippen LogP contribution in [-0.2, 0) is 0 Å². The average Bonchev–Trinajstić information content (AvgIpc) is 3.28. The van der Waals surface area contributed by atoms with Gasteiger partial charge in [0.25, 0.3) is 0 Å². The third kappa shape index (κ3) is 3.02. The SMILES string of the molecule is C=CC(=N)c1c([NH][Tl])ccc(C(=O)NC2CC2)c1OC. The summed E-state index contributed by atoms with van der Waals surface area (Å²) in [5.74, 6) is 0.281. The molecule has 0 aromatic heterocycles. The van der Waals surface area contributed by atoms with Crippen molar-refractivity contribution in [2.45, 2.75) is 18.9 Å². The second-order valence-corrected chi connectivity index (χ2v) is 5.70. The van der Waals surface area contributed by atoms with Crippen LogP contribution in [0, 0.1) is 5.41 Å². The molecule has 20 heavy (non-hydrogen) atoms. The molecule has 0 aliphatic heterocycles. The third-order valence-corrected chi connectivity index (χ3v) is 4.36. The number of methoxy groups -OCH3 is 1. The zero-order valence-electron chi connectivity index (χ0n) is 11.3. The van der Waals surface area contributed by atoms with Gasteiger partial charge in [-0.3, -0.25) is 0 Å². The van der Waals surface area contributed by atoms with Crippen LogP contribution in [-0.4, -0.2) is 50.8 Å². The first kappa shape index (κ1) is 15.0. The fourth-order valence-electron chi connectivity index (χ4n) is 1.95. The van der Waals surface area contributed by atoms with Crippen molar-refractivity contribution in [3.05, 3.63) is 35.9 Å². The molecule has 0 radical (unpaired) electrons. The summed E-state index contributed by atoms with van der Waals surface area (Å²) in [6, 6.07) is 3.84. The van der Waals surface area contributed by atoms with Crippen molar-refractivity contribution in [2.75, 3.05) is 10.2 Å². The van der Waals surface area contributed by atoms with Crippen LogP contribution in [0.25, 0.3) is 0 Å². The molecule has 1 amide bonds. The first-order valence-electron chi connectivity index (χ1n) is 6.32. The maximum atomic E-state index is 12.2. The molecule has 0 atom stereocenters. The van der Waals surface area contributed by atoms with Crippen LogP contribution in [0.3, 0.4) is 0 Å². The van der Waals surface area contributed by atoms with Crippen LogP contribution < -0.4 is 13.2 Å². The van der Waals surface area contributed by atoms with Gasteiger partial charge in [0.2, 0.25) is 0 Å². The third-order valence-electron chi connectivity index (χ3n) is 3.15. The van der Waals surface area contributed by atoms with Crippen molar-refractivity contribution in [1.29, 1.82) is 5.41 Å². The average molecular weight is 463 g/mol. The molecule has 1 aliphatic rings. The molecule has 5 nitrogen and oxygen atoms in total. The Hall–Kier alpha value is -1.38. The number of hydrogen-bond donors (Lipinski definition) is 3. The normalized spacial score (nSPS) is 13.4. The van der Waals surface area contributed by atoms with E-state index in [1.54, 1.807) is 6.07 Å². The second kappa shape index (κ2) is 6.38. The minimum absolute atomic E-state index is 0.148. The number of rotatable bonds is 6. The van der Waals surface area contributed by atoms with E-state index in [4.69, 9.17) is 10.1 Å². The summed E-state index contributed by atoms with van der Waals surface area (Å²) in [5.41, 5.74) is 2.10. The van der Waals surface area contributed by atoms with Gasteiger partial charge in [0.15, 0.2) is 0 Å². The number of benzene rings is 1. The Balaban J connectivity index is 2.48. The molecular weight excluding hydrogens is 447 g/mol. The summed E-state index contributed by atoms with van der Waals surface area (Å²) in [7, 11) is 1.52. The van der Waals surface area contributed by atoms with Gasteiger partial charge in [-0.05, 0) is 0 Å². The van der Waals surface area contributed by atoms with E-state index < -0.39 is 0 Å². The van der Waals surface area contributed by atoms with E-state index in [1.807, 2.05) is 6.07 Å². The van der Waals surface area contributed by atoms with E-state index in [2.05, 4.69) is 15.0 Å². The summed E-state index contributed by atoms with van der Waals surface area (Å²) in [4.78, 5) is 12.2. The van der Waals surface area contributed by atoms with E-state index in [9.17, 15) is 4.79 Å². The zero-order valence-corrected chi connectivity index (χ0v) is 15.8. The van der Waals surface area contributed by atoms with Crippen LogP contribution in [0.5, 0.6) is 5.75 Å². The van der Waals surface area contributed by atoms with Gasteiger partial charge in [-0.1, -0.05) is 0 Å². The number of nitrogens with one attached hydrogen (secondary N) is 3. The van der Waals surface area contributed by atoms with Gasteiger partial charge < -0.3 is 0 Å². The zero-order chi connectivity index (χ0) is 14.7. The van der Waals surface area contributed by atoms with E-state index in [0.29, 0.717) is 42.9 Å². The molecule has 0 saturated heterocycles. The van der Waals surface area contributed by atoms with Crippen molar-refractivity contribution >= 4 is 43.4 Å². The summed E-state index contributed by atoms with van der Waals surface area (Å²) in [5, 5.41) is 10.9. The molecule has 102 valence electrons. The molecule has 0 spiro atoms.